The average Bonchev–Trinajstić information content (AvgIpc) is 3.09. The molecule has 0 saturated heterocycles. The first-order valence-corrected chi connectivity index (χ1v) is 7.96. The van der Waals surface area contributed by atoms with E-state index >= 15 is 0 Å². The Labute approximate surface area is 147 Å². The highest BCUT2D eigenvalue weighted by molar-refractivity contribution is 9.10. The third-order valence-electron chi connectivity index (χ3n) is 3.32. The molecule has 122 valence electrons. The number of carbonyl (C=O) groups is 1. The van der Waals surface area contributed by atoms with Crippen LogP contribution in [0.1, 0.15) is 16.2 Å². The van der Waals surface area contributed by atoms with Gasteiger partial charge in [0.2, 0.25) is 11.7 Å². The predicted molar refractivity (Wildman–Crippen MR) is 91.6 cm³/mol. The summed E-state index contributed by atoms with van der Waals surface area (Å²) in [5, 5.41) is 6.66. The fraction of sp³-hybridized carbons (Fsp3) is 0.118. The average molecular weight is 388 g/mol. The van der Waals surface area contributed by atoms with E-state index in [1.165, 1.54) is 0 Å². The molecule has 0 saturated carbocycles. The van der Waals surface area contributed by atoms with Crippen molar-refractivity contribution in [3.8, 4) is 17.1 Å². The van der Waals surface area contributed by atoms with Gasteiger partial charge in [-0.2, -0.15) is 4.98 Å². The van der Waals surface area contributed by atoms with Crippen LogP contribution >= 0.6 is 15.9 Å². The molecule has 0 unspecified atom stereocenters. The molecule has 0 bridgehead atoms. The number of hydrogen-bond donors (Lipinski definition) is 1. The minimum Gasteiger partial charge on any atom is -0.497 e. The molecule has 1 amide bonds. The Morgan fingerprint density at radius 2 is 1.88 bits per heavy atom. The first-order valence-electron chi connectivity index (χ1n) is 7.16. The Bertz CT molecular complexity index is 829. The molecule has 24 heavy (non-hydrogen) atoms. The minimum absolute atomic E-state index is 0.161. The second-order valence-electron chi connectivity index (χ2n) is 4.93. The van der Waals surface area contributed by atoms with E-state index in [2.05, 4.69) is 31.4 Å². The van der Waals surface area contributed by atoms with E-state index < -0.39 is 0 Å². The molecule has 0 atom stereocenters. The van der Waals surface area contributed by atoms with Gasteiger partial charge in [-0.05, 0) is 48.5 Å². The van der Waals surface area contributed by atoms with Crippen molar-refractivity contribution in [1.29, 1.82) is 0 Å². The van der Waals surface area contributed by atoms with Gasteiger partial charge < -0.3 is 14.6 Å². The van der Waals surface area contributed by atoms with Crippen molar-refractivity contribution >= 4 is 21.8 Å². The summed E-state index contributed by atoms with van der Waals surface area (Å²) in [5.74, 6) is 1.30. The number of ether oxygens (including phenoxy) is 1. The van der Waals surface area contributed by atoms with Gasteiger partial charge in [0.05, 0.1) is 13.7 Å². The molecule has 1 aromatic heterocycles. The van der Waals surface area contributed by atoms with Gasteiger partial charge in [0.25, 0.3) is 5.91 Å². The summed E-state index contributed by atoms with van der Waals surface area (Å²) in [4.78, 5) is 16.4. The molecule has 2 aromatic carbocycles. The molecule has 3 aromatic rings. The molecular formula is C17H14BrN3O3. The van der Waals surface area contributed by atoms with Gasteiger partial charge in [-0.15, -0.1) is 0 Å². The monoisotopic (exact) mass is 387 g/mol. The third kappa shape index (κ3) is 3.80. The fourth-order valence-electron chi connectivity index (χ4n) is 2.04. The zero-order valence-electron chi connectivity index (χ0n) is 12.8. The molecule has 0 aliphatic rings. The van der Waals surface area contributed by atoms with Gasteiger partial charge in [-0.1, -0.05) is 21.1 Å². The van der Waals surface area contributed by atoms with E-state index in [4.69, 9.17) is 9.26 Å². The van der Waals surface area contributed by atoms with Crippen LogP contribution in [0.5, 0.6) is 5.75 Å². The van der Waals surface area contributed by atoms with Gasteiger partial charge in [-0.25, -0.2) is 0 Å². The van der Waals surface area contributed by atoms with Crippen molar-refractivity contribution < 1.29 is 14.1 Å². The zero-order valence-corrected chi connectivity index (χ0v) is 14.4. The number of aromatic nitrogens is 2. The van der Waals surface area contributed by atoms with Crippen LogP contribution in [0.25, 0.3) is 11.4 Å². The van der Waals surface area contributed by atoms with E-state index in [0.717, 1.165) is 10.0 Å². The van der Waals surface area contributed by atoms with Crippen LogP contribution in [0.4, 0.5) is 0 Å². The minimum atomic E-state index is -0.221. The van der Waals surface area contributed by atoms with Gasteiger partial charge in [0.15, 0.2) is 0 Å². The van der Waals surface area contributed by atoms with Crippen LogP contribution < -0.4 is 10.1 Å². The van der Waals surface area contributed by atoms with Gasteiger partial charge in [0.1, 0.15) is 5.75 Å². The quantitative estimate of drug-likeness (QED) is 0.725. The number of methoxy groups -OCH3 is 1. The number of amides is 1. The zero-order chi connectivity index (χ0) is 16.9. The van der Waals surface area contributed by atoms with Crippen molar-refractivity contribution in [2.24, 2.45) is 0 Å². The number of nitrogens with zero attached hydrogens (tertiary/aromatic N) is 2. The van der Waals surface area contributed by atoms with Crippen molar-refractivity contribution in [2.75, 3.05) is 7.11 Å². The number of halogens is 1. The molecule has 1 N–H and O–H groups in total. The summed E-state index contributed by atoms with van der Waals surface area (Å²) < 4.78 is 11.2. The summed E-state index contributed by atoms with van der Waals surface area (Å²) in [5.41, 5.74) is 1.37. The highest BCUT2D eigenvalue weighted by Crippen LogP contribution is 2.19. The first kappa shape index (κ1) is 16.2. The maximum atomic E-state index is 12.1. The molecule has 1 heterocycles. The molecule has 0 spiro atoms. The topological polar surface area (TPSA) is 77.2 Å². The fourth-order valence-corrected chi connectivity index (χ4v) is 2.31. The molecule has 0 aliphatic carbocycles. The van der Waals surface area contributed by atoms with E-state index in [1.54, 1.807) is 31.4 Å². The molecule has 3 rings (SSSR count). The lowest BCUT2D eigenvalue weighted by molar-refractivity contribution is 0.0946. The number of benzene rings is 2. The lowest BCUT2D eigenvalue weighted by Crippen LogP contribution is -2.22. The molecular weight excluding hydrogens is 374 g/mol. The first-order chi connectivity index (χ1) is 11.7. The smallest absolute Gasteiger partial charge is 0.251 e. The molecule has 6 nitrogen and oxygen atoms in total. The summed E-state index contributed by atoms with van der Waals surface area (Å²) in [6.07, 6.45) is 0. The van der Waals surface area contributed by atoms with Crippen LogP contribution in [0.2, 0.25) is 0 Å². The second kappa shape index (κ2) is 7.27. The normalized spacial score (nSPS) is 10.4. The molecule has 0 radical (unpaired) electrons. The summed E-state index contributed by atoms with van der Waals surface area (Å²) in [6.45, 7) is 0.161. The highest BCUT2D eigenvalue weighted by Gasteiger charge is 2.11. The lowest BCUT2D eigenvalue weighted by atomic mass is 10.2. The van der Waals surface area contributed by atoms with Crippen molar-refractivity contribution in [2.45, 2.75) is 6.54 Å². The number of rotatable bonds is 5. The van der Waals surface area contributed by atoms with Gasteiger partial charge in [0, 0.05) is 15.6 Å². The van der Waals surface area contributed by atoms with E-state index in [1.807, 2.05) is 24.3 Å². The largest absolute Gasteiger partial charge is 0.497 e. The van der Waals surface area contributed by atoms with Gasteiger partial charge in [-0.3, -0.25) is 4.79 Å². The van der Waals surface area contributed by atoms with Crippen LogP contribution in [0, 0.1) is 0 Å². The Kier molecular flexibility index (Phi) is 4.90. The summed E-state index contributed by atoms with van der Waals surface area (Å²) in [6, 6.07) is 14.4. The van der Waals surface area contributed by atoms with Crippen LogP contribution in [-0.2, 0) is 6.54 Å². The van der Waals surface area contributed by atoms with E-state index in [-0.39, 0.29) is 12.5 Å². The summed E-state index contributed by atoms with van der Waals surface area (Å²) in [7, 11) is 1.58. The second-order valence-corrected chi connectivity index (χ2v) is 5.85. The van der Waals surface area contributed by atoms with Gasteiger partial charge >= 0.3 is 0 Å². The SMILES string of the molecule is COc1ccc(C(=O)NCc2nc(-c3ccc(Br)cc3)no2)cc1. The lowest BCUT2D eigenvalue weighted by Gasteiger charge is -2.03. The standard InChI is InChI=1S/C17H14BrN3O3/c1-23-14-8-4-12(5-9-14)17(22)19-10-15-20-16(21-24-15)11-2-6-13(18)7-3-11/h2-9H,10H2,1H3,(H,19,22). The molecule has 0 aliphatic heterocycles. The molecule has 0 fully saturated rings. The van der Waals surface area contributed by atoms with Crippen LogP contribution in [-0.4, -0.2) is 23.2 Å². The van der Waals surface area contributed by atoms with E-state index in [0.29, 0.717) is 23.0 Å². The number of nitrogens with one attached hydrogen (secondary N) is 1. The van der Waals surface area contributed by atoms with Crippen LogP contribution in [0.15, 0.2) is 57.5 Å². The predicted octanol–water partition coefficient (Wildman–Crippen LogP) is 3.44. The molecule has 7 heteroatoms. The maximum absolute atomic E-state index is 12.1. The third-order valence-corrected chi connectivity index (χ3v) is 3.85. The van der Waals surface area contributed by atoms with Crippen molar-refractivity contribution in [3.63, 3.8) is 0 Å². The van der Waals surface area contributed by atoms with E-state index in [9.17, 15) is 4.79 Å². The number of carbonyl (C=O) groups excluding carboxylic acids is 1. The number of hydrogen-bond acceptors (Lipinski definition) is 5. The van der Waals surface area contributed by atoms with Crippen LogP contribution in [0.3, 0.4) is 0 Å². The van der Waals surface area contributed by atoms with Crippen molar-refractivity contribution in [3.05, 3.63) is 64.5 Å². The summed E-state index contributed by atoms with van der Waals surface area (Å²) >= 11 is 3.38. The Morgan fingerprint density at radius 3 is 2.54 bits per heavy atom. The maximum Gasteiger partial charge on any atom is 0.251 e. The van der Waals surface area contributed by atoms with Crippen molar-refractivity contribution in [1.82, 2.24) is 15.5 Å². The highest BCUT2D eigenvalue weighted by atomic mass is 79.9. The Morgan fingerprint density at radius 1 is 1.17 bits per heavy atom. The Balaban J connectivity index is 1.62. The Hall–Kier alpha value is -2.67.